The maximum Gasteiger partial charge on any atom is 0.127 e. The molecule has 0 saturated carbocycles. The molecule has 0 aliphatic rings. The number of hydrogen-bond acceptors (Lipinski definition) is 3. The highest BCUT2D eigenvalue weighted by Crippen LogP contribution is 2.22. The van der Waals surface area contributed by atoms with Gasteiger partial charge in [-0.15, -0.1) is 0 Å². The Hall–Kier alpha value is -2.36. The Kier molecular flexibility index (Phi) is 3.13. The fourth-order valence-electron chi connectivity index (χ4n) is 1.29. The number of anilines is 1. The van der Waals surface area contributed by atoms with Crippen molar-refractivity contribution in [3.05, 3.63) is 54.6 Å². The van der Waals surface area contributed by atoms with Gasteiger partial charge in [0.15, 0.2) is 0 Å². The van der Waals surface area contributed by atoms with E-state index in [0.717, 1.165) is 17.2 Å². The van der Waals surface area contributed by atoms with Gasteiger partial charge in [-0.3, -0.25) is 5.43 Å². The van der Waals surface area contributed by atoms with Gasteiger partial charge < -0.3 is 4.74 Å². The van der Waals surface area contributed by atoms with E-state index >= 15 is 0 Å². The molecule has 0 bridgehead atoms. The van der Waals surface area contributed by atoms with Gasteiger partial charge in [-0.05, 0) is 36.4 Å². The summed E-state index contributed by atoms with van der Waals surface area (Å²) in [5.74, 6) is 1.55. The van der Waals surface area contributed by atoms with Crippen LogP contribution in [0, 0.1) is 5.53 Å². The summed E-state index contributed by atoms with van der Waals surface area (Å²) in [7, 11) is 0. The Balaban J connectivity index is 2.08. The number of nitrogens with one attached hydrogen (secondary N) is 2. The molecule has 4 heteroatoms. The first-order valence-electron chi connectivity index (χ1n) is 4.84. The monoisotopic (exact) mass is 213 g/mol. The molecule has 0 aromatic heterocycles. The number of ether oxygens (including phenoxy) is 1. The van der Waals surface area contributed by atoms with Gasteiger partial charge in [0, 0.05) is 0 Å². The third kappa shape index (κ3) is 2.57. The normalized spacial score (nSPS) is 9.50. The average molecular weight is 213 g/mol. The van der Waals surface area contributed by atoms with Crippen molar-refractivity contribution in [3.63, 3.8) is 0 Å². The molecule has 2 aromatic carbocycles. The highest BCUT2D eigenvalue weighted by atomic mass is 16.5. The van der Waals surface area contributed by atoms with Crippen LogP contribution in [0.15, 0.2) is 59.8 Å². The number of hydrogen-bond donors (Lipinski definition) is 2. The van der Waals surface area contributed by atoms with E-state index in [2.05, 4.69) is 10.6 Å². The van der Waals surface area contributed by atoms with Gasteiger partial charge in [0.25, 0.3) is 0 Å². The summed E-state index contributed by atoms with van der Waals surface area (Å²) in [6.07, 6.45) is 0. The van der Waals surface area contributed by atoms with Crippen molar-refractivity contribution in [2.75, 3.05) is 5.43 Å². The van der Waals surface area contributed by atoms with Crippen molar-refractivity contribution in [2.24, 2.45) is 5.22 Å². The third-order valence-corrected chi connectivity index (χ3v) is 2.02. The lowest BCUT2D eigenvalue weighted by atomic mass is 10.3. The van der Waals surface area contributed by atoms with E-state index in [1.54, 1.807) is 12.1 Å². The van der Waals surface area contributed by atoms with Crippen LogP contribution in [0.4, 0.5) is 5.69 Å². The van der Waals surface area contributed by atoms with E-state index in [4.69, 9.17) is 10.3 Å². The summed E-state index contributed by atoms with van der Waals surface area (Å²) in [5.41, 5.74) is 9.95. The van der Waals surface area contributed by atoms with E-state index in [1.165, 1.54) is 0 Å². The number of rotatable bonds is 4. The maximum absolute atomic E-state index is 6.66. The largest absolute Gasteiger partial charge is 0.457 e. The Morgan fingerprint density at radius 3 is 2.12 bits per heavy atom. The first-order valence-corrected chi connectivity index (χ1v) is 4.84. The summed E-state index contributed by atoms with van der Waals surface area (Å²) < 4.78 is 5.61. The summed E-state index contributed by atoms with van der Waals surface area (Å²) in [5, 5.41) is 3.08. The molecule has 0 fully saturated rings. The molecule has 16 heavy (non-hydrogen) atoms. The number of para-hydroxylation sites is 1. The molecule has 0 heterocycles. The number of nitrogens with zero attached hydrogens (tertiary/aromatic N) is 1. The summed E-state index contributed by atoms with van der Waals surface area (Å²) in [6, 6.07) is 16.8. The summed E-state index contributed by atoms with van der Waals surface area (Å²) in [4.78, 5) is 0. The lowest BCUT2D eigenvalue weighted by molar-refractivity contribution is 0.483. The molecular formula is C12H11N3O. The average Bonchev–Trinajstić information content (AvgIpc) is 2.33. The molecule has 0 saturated heterocycles. The quantitative estimate of drug-likeness (QED) is 0.598. The molecule has 2 aromatic rings. The maximum atomic E-state index is 6.66. The van der Waals surface area contributed by atoms with Crippen molar-refractivity contribution in [2.45, 2.75) is 0 Å². The topological polar surface area (TPSA) is 57.5 Å². The molecule has 80 valence electrons. The Morgan fingerprint density at radius 1 is 0.875 bits per heavy atom. The van der Waals surface area contributed by atoms with Crippen LogP contribution >= 0.6 is 0 Å². The van der Waals surface area contributed by atoms with E-state index in [0.29, 0.717) is 0 Å². The van der Waals surface area contributed by atoms with E-state index < -0.39 is 0 Å². The van der Waals surface area contributed by atoms with Crippen LogP contribution < -0.4 is 10.2 Å². The minimum absolute atomic E-state index is 0.752. The van der Waals surface area contributed by atoms with Gasteiger partial charge in [0.05, 0.1) is 5.69 Å². The second-order valence-electron chi connectivity index (χ2n) is 3.16. The van der Waals surface area contributed by atoms with Gasteiger partial charge in [0.1, 0.15) is 11.5 Å². The fraction of sp³-hybridized carbons (Fsp3) is 0. The SMILES string of the molecule is N=NNc1ccc(Oc2ccccc2)cc1. The molecule has 2 N–H and O–H groups in total. The Labute approximate surface area is 93.4 Å². The van der Waals surface area contributed by atoms with Crippen LogP contribution in [0.1, 0.15) is 0 Å². The molecular weight excluding hydrogens is 202 g/mol. The van der Waals surface area contributed by atoms with Crippen LogP contribution in [0.3, 0.4) is 0 Å². The zero-order valence-electron chi connectivity index (χ0n) is 8.55. The minimum atomic E-state index is 0.752. The molecule has 4 nitrogen and oxygen atoms in total. The molecule has 0 unspecified atom stereocenters. The third-order valence-electron chi connectivity index (χ3n) is 2.02. The lowest BCUT2D eigenvalue weighted by Crippen LogP contribution is -1.86. The number of benzene rings is 2. The van der Waals surface area contributed by atoms with Crippen LogP contribution in [0.5, 0.6) is 11.5 Å². The molecule has 0 radical (unpaired) electrons. The van der Waals surface area contributed by atoms with Crippen molar-refractivity contribution in [3.8, 4) is 11.5 Å². The van der Waals surface area contributed by atoms with Crippen molar-refractivity contribution < 1.29 is 4.74 Å². The van der Waals surface area contributed by atoms with E-state index in [1.807, 2.05) is 42.5 Å². The first kappa shape index (κ1) is 10.2. The smallest absolute Gasteiger partial charge is 0.127 e. The van der Waals surface area contributed by atoms with Crippen LogP contribution in [-0.4, -0.2) is 0 Å². The van der Waals surface area contributed by atoms with E-state index in [9.17, 15) is 0 Å². The lowest BCUT2D eigenvalue weighted by Gasteiger charge is -2.05. The highest BCUT2D eigenvalue weighted by molar-refractivity contribution is 5.46. The Morgan fingerprint density at radius 2 is 1.50 bits per heavy atom. The fourth-order valence-corrected chi connectivity index (χ4v) is 1.29. The summed E-state index contributed by atoms with van der Waals surface area (Å²) in [6.45, 7) is 0. The van der Waals surface area contributed by atoms with Crippen molar-refractivity contribution in [1.82, 2.24) is 0 Å². The second-order valence-corrected chi connectivity index (χ2v) is 3.16. The van der Waals surface area contributed by atoms with Crippen molar-refractivity contribution in [1.29, 1.82) is 5.53 Å². The molecule has 0 aliphatic heterocycles. The highest BCUT2D eigenvalue weighted by Gasteiger charge is 1.96. The predicted octanol–water partition coefficient (Wildman–Crippen LogP) is 3.84. The van der Waals surface area contributed by atoms with Crippen LogP contribution in [-0.2, 0) is 0 Å². The molecule has 2 rings (SSSR count). The van der Waals surface area contributed by atoms with Crippen molar-refractivity contribution >= 4 is 5.69 Å². The van der Waals surface area contributed by atoms with Crippen LogP contribution in [0.2, 0.25) is 0 Å². The zero-order valence-corrected chi connectivity index (χ0v) is 8.55. The van der Waals surface area contributed by atoms with Gasteiger partial charge in [-0.2, -0.15) is 5.53 Å². The molecule has 0 amide bonds. The molecule has 0 atom stereocenters. The standard InChI is InChI=1S/C12H11N3O/c13-15-14-10-6-8-12(9-7-10)16-11-4-2-1-3-5-11/h1-9H,(H2,13,14). The second kappa shape index (κ2) is 4.93. The van der Waals surface area contributed by atoms with Gasteiger partial charge in [-0.25, -0.2) is 0 Å². The van der Waals surface area contributed by atoms with Gasteiger partial charge >= 0.3 is 0 Å². The minimum Gasteiger partial charge on any atom is -0.457 e. The predicted molar refractivity (Wildman–Crippen MR) is 61.7 cm³/mol. The van der Waals surface area contributed by atoms with Crippen LogP contribution in [0.25, 0.3) is 0 Å². The van der Waals surface area contributed by atoms with E-state index in [-0.39, 0.29) is 0 Å². The zero-order chi connectivity index (χ0) is 11.2. The molecule has 0 aliphatic carbocycles. The summed E-state index contributed by atoms with van der Waals surface area (Å²) >= 11 is 0. The molecule has 0 spiro atoms. The van der Waals surface area contributed by atoms with Gasteiger partial charge in [0.2, 0.25) is 0 Å². The Bertz CT molecular complexity index is 453. The van der Waals surface area contributed by atoms with Gasteiger partial charge in [-0.1, -0.05) is 23.4 Å². The first-order chi connectivity index (χ1) is 7.88.